The van der Waals surface area contributed by atoms with E-state index in [1.165, 1.54) is 11.8 Å². The van der Waals surface area contributed by atoms with Crippen LogP contribution in [0.2, 0.25) is 0 Å². The van der Waals surface area contributed by atoms with E-state index in [-0.39, 0.29) is 16.5 Å². The lowest BCUT2D eigenvalue weighted by atomic mass is 10.4. The van der Waals surface area contributed by atoms with Crippen molar-refractivity contribution in [2.45, 2.75) is 10.5 Å². The molecule has 0 bridgehead atoms. The third kappa shape index (κ3) is 0.647. The topological polar surface area (TPSA) is 37.6 Å². The summed E-state index contributed by atoms with van der Waals surface area (Å²) in [5.41, 5.74) is 0. The van der Waals surface area contributed by atoms with Gasteiger partial charge in [0.05, 0.1) is 0 Å². The summed E-state index contributed by atoms with van der Waals surface area (Å²) in [5.74, 6) is 0.0786. The van der Waals surface area contributed by atoms with Crippen molar-refractivity contribution in [3.8, 4) is 0 Å². The summed E-state index contributed by atoms with van der Waals surface area (Å²) < 4.78 is 8.97. The molecule has 2 aliphatic heterocycles. The van der Waals surface area contributed by atoms with Gasteiger partial charge in [-0.1, -0.05) is 0 Å². The molecule has 2 atom stereocenters. The van der Waals surface area contributed by atoms with Gasteiger partial charge in [0.25, 0.3) is 0 Å². The molecule has 0 aromatic carbocycles. The van der Waals surface area contributed by atoms with E-state index < -0.39 is 0 Å². The number of rotatable bonds is 0. The van der Waals surface area contributed by atoms with Crippen LogP contribution < -0.4 is 0 Å². The molecule has 3 nitrogen and oxygen atoms in total. The molecular weight excluding hydrogens is 160 g/mol. The first-order chi connectivity index (χ1) is 4.33. The van der Waals surface area contributed by atoms with E-state index in [2.05, 4.69) is 21.5 Å². The van der Waals surface area contributed by atoms with Crippen molar-refractivity contribution in [2.75, 3.05) is 0 Å². The first-order valence-electron chi connectivity index (χ1n) is 2.37. The maximum Gasteiger partial charge on any atom is 0.493 e. The van der Waals surface area contributed by atoms with Gasteiger partial charge in [0.1, 0.15) is 0 Å². The molecule has 2 unspecified atom stereocenters. The number of cyclic esters (lactones) is 2. The second-order valence-electron chi connectivity index (χ2n) is 1.80. The van der Waals surface area contributed by atoms with Gasteiger partial charge in [0.2, 0.25) is 0 Å². The molecule has 0 spiro atoms. The van der Waals surface area contributed by atoms with Crippen LogP contribution in [0.15, 0.2) is 0 Å². The number of ether oxygens (including phenoxy) is 1. The van der Waals surface area contributed by atoms with Gasteiger partial charge in [-0.3, -0.25) is 0 Å². The summed E-state index contributed by atoms with van der Waals surface area (Å²) in [6.07, 6.45) is 0. The lowest BCUT2D eigenvalue weighted by Gasteiger charge is -1.84. The van der Waals surface area contributed by atoms with Crippen LogP contribution in [0.5, 0.6) is 0 Å². The Morgan fingerprint density at radius 2 is 2.44 bits per heavy atom. The highest BCUT2D eigenvalue weighted by molar-refractivity contribution is 8.09. The zero-order valence-electron chi connectivity index (χ0n) is 4.20. The smallest absolute Gasteiger partial charge is 0.433 e. The minimum absolute atomic E-state index is 0.0112. The Bertz CT molecular complexity index is 200. The second-order valence-corrected chi connectivity index (χ2v) is 3.26. The first kappa shape index (κ1) is 5.49. The lowest BCUT2D eigenvalue weighted by Crippen LogP contribution is -2.06. The van der Waals surface area contributed by atoms with Gasteiger partial charge >= 0.3 is 11.9 Å². The van der Waals surface area contributed by atoms with Crippen molar-refractivity contribution in [3.05, 3.63) is 0 Å². The largest absolute Gasteiger partial charge is 0.493 e. The van der Waals surface area contributed by atoms with Gasteiger partial charge in [0.15, 0.2) is 10.5 Å². The highest BCUT2D eigenvalue weighted by atomic mass is 32.2. The van der Waals surface area contributed by atoms with E-state index in [1.807, 2.05) is 0 Å². The Morgan fingerprint density at radius 1 is 1.67 bits per heavy atom. The van der Waals surface area contributed by atoms with Gasteiger partial charge in [-0.05, 0) is 0 Å². The van der Waals surface area contributed by atoms with Crippen molar-refractivity contribution in [1.29, 1.82) is 0 Å². The van der Waals surface area contributed by atoms with E-state index >= 15 is 0 Å². The summed E-state index contributed by atoms with van der Waals surface area (Å²) in [6, 6.07) is 0. The van der Waals surface area contributed by atoms with Crippen molar-refractivity contribution in [3.63, 3.8) is 0 Å². The summed E-state index contributed by atoms with van der Waals surface area (Å²) in [6.45, 7) is 0. The standard InChI is InChI=1S/C4H2O3S2/c5-3-1-2(9-1)4(6-3)7-8/h1-2H. The Kier molecular flexibility index (Phi) is 0.979. The summed E-state index contributed by atoms with van der Waals surface area (Å²) >= 11 is 5.76. The first-order valence-corrected chi connectivity index (χ1v) is 3.64. The van der Waals surface area contributed by atoms with Crippen molar-refractivity contribution in [1.82, 2.24) is 0 Å². The van der Waals surface area contributed by atoms with Crippen LogP contribution in [0.25, 0.3) is 0 Å². The van der Waals surface area contributed by atoms with Crippen LogP contribution in [0.4, 0.5) is 0 Å². The van der Waals surface area contributed by atoms with Crippen molar-refractivity contribution < 1.29 is 13.4 Å². The van der Waals surface area contributed by atoms with E-state index in [9.17, 15) is 4.79 Å². The van der Waals surface area contributed by atoms with Gasteiger partial charge < -0.3 is 16.8 Å². The molecule has 2 fully saturated rings. The molecule has 0 aliphatic carbocycles. The number of esters is 2. The third-order valence-corrected chi connectivity index (χ3v) is 2.61. The van der Waals surface area contributed by atoms with Crippen LogP contribution in [-0.2, 0) is 26.3 Å². The molecule has 2 rings (SSSR count). The van der Waals surface area contributed by atoms with Crippen LogP contribution in [0, 0.1) is 0 Å². The molecular formula is C4H2O3S2. The Labute approximate surface area is 61.1 Å². The van der Waals surface area contributed by atoms with Crippen molar-refractivity contribution in [2.24, 2.45) is 0 Å². The molecule has 2 saturated heterocycles. The van der Waals surface area contributed by atoms with Crippen molar-refractivity contribution >= 4 is 36.6 Å². The molecule has 0 radical (unpaired) electrons. The molecule has 0 N–H and O–H groups in total. The van der Waals surface area contributed by atoms with Gasteiger partial charge in [0, 0.05) is 0 Å². The summed E-state index contributed by atoms with van der Waals surface area (Å²) in [5, 5.41) is 0.0953. The zero-order chi connectivity index (χ0) is 6.43. The van der Waals surface area contributed by atoms with Gasteiger partial charge in [-0.25, -0.2) is 9.53 Å². The summed E-state index contributed by atoms with van der Waals surface area (Å²) in [7, 11) is 0. The molecule has 0 aromatic rings. The lowest BCUT2D eigenvalue weighted by molar-refractivity contribution is -0.257. The molecule has 2 heterocycles. The predicted octanol–water partition coefficient (Wildman–Crippen LogP) is -0.449. The van der Waals surface area contributed by atoms with E-state index in [0.29, 0.717) is 5.97 Å². The van der Waals surface area contributed by atoms with E-state index in [4.69, 9.17) is 0 Å². The normalized spacial score (nSPS) is 42.7. The van der Waals surface area contributed by atoms with Crippen LogP contribution in [0.1, 0.15) is 0 Å². The highest BCUT2D eigenvalue weighted by Crippen LogP contribution is 2.47. The quantitative estimate of drug-likeness (QED) is 0.159. The maximum absolute atomic E-state index is 10.6. The molecule has 0 amide bonds. The van der Waals surface area contributed by atoms with Crippen LogP contribution in [0.3, 0.4) is 0 Å². The average molecular weight is 162 g/mol. The van der Waals surface area contributed by atoms with E-state index in [0.717, 1.165) is 0 Å². The monoisotopic (exact) mass is 162 g/mol. The number of carbonyl (C=O) groups is 1. The number of thioether (sulfide) groups is 1. The van der Waals surface area contributed by atoms with Gasteiger partial charge in [-0.15, -0.1) is 11.8 Å². The molecule has 48 valence electrons. The second kappa shape index (κ2) is 1.60. The highest BCUT2D eigenvalue weighted by Gasteiger charge is 2.66. The maximum atomic E-state index is 10.6. The molecule has 9 heavy (non-hydrogen) atoms. The molecule has 2 aliphatic rings. The molecule has 0 saturated carbocycles. The number of carbonyl (C=O) groups excluding carboxylic acids is 2. The third-order valence-electron chi connectivity index (χ3n) is 1.24. The Balaban J connectivity index is 2.26. The molecule has 5 heteroatoms. The number of fused-ring (bicyclic) bond motifs is 1. The Morgan fingerprint density at radius 3 is 2.67 bits per heavy atom. The van der Waals surface area contributed by atoms with Crippen LogP contribution in [-0.4, -0.2) is 22.4 Å². The molecule has 0 aromatic heterocycles. The number of hydrogen-bond donors (Lipinski definition) is 0. The van der Waals surface area contributed by atoms with Crippen LogP contribution >= 0.6 is 11.8 Å². The predicted molar refractivity (Wildman–Crippen MR) is 33.6 cm³/mol. The zero-order valence-corrected chi connectivity index (χ0v) is 5.83. The fourth-order valence-electron chi connectivity index (χ4n) is 0.751. The minimum atomic E-state index is -0.218. The minimum Gasteiger partial charge on any atom is -0.433 e. The average Bonchev–Trinajstić information content (AvgIpc) is 2.56. The SMILES string of the molecule is O=C1OC(=[O+][S-])C2SC12. The van der Waals surface area contributed by atoms with E-state index in [1.54, 1.807) is 0 Å². The Hall–Kier alpha value is -0.290. The fourth-order valence-corrected chi connectivity index (χ4v) is 1.76. The van der Waals surface area contributed by atoms with Gasteiger partial charge in [-0.2, -0.15) is 0 Å². The fraction of sp³-hybridized carbons (Fsp3) is 0.500. The summed E-state index contributed by atoms with van der Waals surface area (Å²) in [4.78, 5) is 10.6. The number of hydrogen-bond acceptors (Lipinski definition) is 4.